The SMILES string of the molecule is Cc1ccccc1N=Cc1ccc(OCc2ccc(Br)cc2)c(Cl)c1. The second kappa shape index (κ2) is 8.32. The largest absolute Gasteiger partial charge is 0.487 e. The maximum absolute atomic E-state index is 6.34. The molecular formula is C21H17BrClNO. The van der Waals surface area contributed by atoms with Crippen molar-refractivity contribution in [3.8, 4) is 5.75 Å². The van der Waals surface area contributed by atoms with Crippen LogP contribution in [0.1, 0.15) is 16.7 Å². The summed E-state index contributed by atoms with van der Waals surface area (Å²) < 4.78 is 6.86. The van der Waals surface area contributed by atoms with Crippen LogP contribution in [0.2, 0.25) is 5.02 Å². The zero-order valence-electron chi connectivity index (χ0n) is 13.7. The van der Waals surface area contributed by atoms with Crippen molar-refractivity contribution in [3.05, 3.63) is 92.9 Å². The highest BCUT2D eigenvalue weighted by molar-refractivity contribution is 9.10. The van der Waals surface area contributed by atoms with Gasteiger partial charge in [-0.15, -0.1) is 0 Å². The Balaban J connectivity index is 1.68. The fourth-order valence-corrected chi connectivity index (χ4v) is 2.82. The number of rotatable bonds is 5. The van der Waals surface area contributed by atoms with E-state index in [-0.39, 0.29) is 0 Å². The Labute approximate surface area is 161 Å². The summed E-state index contributed by atoms with van der Waals surface area (Å²) in [6.07, 6.45) is 1.81. The number of nitrogens with zero attached hydrogens (tertiary/aromatic N) is 1. The lowest BCUT2D eigenvalue weighted by atomic mass is 10.2. The molecule has 0 saturated carbocycles. The van der Waals surface area contributed by atoms with Gasteiger partial charge in [0.25, 0.3) is 0 Å². The highest BCUT2D eigenvalue weighted by Gasteiger charge is 2.03. The highest BCUT2D eigenvalue weighted by Crippen LogP contribution is 2.26. The highest BCUT2D eigenvalue weighted by atomic mass is 79.9. The number of halogens is 2. The van der Waals surface area contributed by atoms with E-state index in [1.165, 1.54) is 0 Å². The molecule has 0 heterocycles. The first-order valence-electron chi connectivity index (χ1n) is 7.88. The van der Waals surface area contributed by atoms with E-state index in [0.717, 1.165) is 26.9 Å². The molecule has 2 nitrogen and oxygen atoms in total. The third-order valence-corrected chi connectivity index (χ3v) is 4.56. The standard InChI is InChI=1S/C21H17BrClNO/c1-15-4-2-3-5-20(15)24-13-17-8-11-21(19(23)12-17)25-14-16-6-9-18(22)10-7-16/h2-13H,14H2,1H3. The molecule has 0 aliphatic heterocycles. The molecule has 25 heavy (non-hydrogen) atoms. The summed E-state index contributed by atoms with van der Waals surface area (Å²) >= 11 is 9.76. The van der Waals surface area contributed by atoms with E-state index < -0.39 is 0 Å². The number of hydrogen-bond donors (Lipinski definition) is 0. The smallest absolute Gasteiger partial charge is 0.138 e. The molecule has 3 rings (SSSR count). The van der Waals surface area contributed by atoms with Crippen molar-refractivity contribution in [1.29, 1.82) is 0 Å². The fourth-order valence-electron chi connectivity index (χ4n) is 2.31. The Morgan fingerprint density at radius 1 is 1.04 bits per heavy atom. The van der Waals surface area contributed by atoms with Gasteiger partial charge in [0.15, 0.2) is 0 Å². The van der Waals surface area contributed by atoms with Gasteiger partial charge in [0.2, 0.25) is 0 Å². The average Bonchev–Trinajstić information content (AvgIpc) is 2.62. The van der Waals surface area contributed by atoms with Crippen LogP contribution in [0.5, 0.6) is 5.75 Å². The first-order valence-corrected chi connectivity index (χ1v) is 9.05. The molecule has 3 aromatic carbocycles. The van der Waals surface area contributed by atoms with Gasteiger partial charge in [-0.2, -0.15) is 0 Å². The summed E-state index contributed by atoms with van der Waals surface area (Å²) in [6.45, 7) is 2.52. The zero-order valence-corrected chi connectivity index (χ0v) is 16.1. The lowest BCUT2D eigenvalue weighted by Crippen LogP contribution is -1.96. The van der Waals surface area contributed by atoms with Crippen molar-refractivity contribution in [3.63, 3.8) is 0 Å². The molecule has 0 saturated heterocycles. The second-order valence-corrected chi connectivity index (χ2v) is 6.97. The zero-order chi connectivity index (χ0) is 17.6. The van der Waals surface area contributed by atoms with E-state index in [1.54, 1.807) is 0 Å². The number of benzene rings is 3. The minimum atomic E-state index is 0.476. The molecule has 0 aliphatic carbocycles. The van der Waals surface area contributed by atoms with Crippen LogP contribution in [-0.2, 0) is 6.61 Å². The van der Waals surface area contributed by atoms with E-state index in [9.17, 15) is 0 Å². The molecule has 0 amide bonds. The van der Waals surface area contributed by atoms with Crippen molar-refractivity contribution < 1.29 is 4.74 Å². The van der Waals surface area contributed by atoms with Crippen LogP contribution in [-0.4, -0.2) is 6.21 Å². The van der Waals surface area contributed by atoms with Crippen LogP contribution in [0, 0.1) is 6.92 Å². The van der Waals surface area contributed by atoms with Crippen molar-refractivity contribution >= 4 is 39.4 Å². The minimum absolute atomic E-state index is 0.476. The molecule has 0 aliphatic rings. The van der Waals surface area contributed by atoms with Crippen LogP contribution in [0.15, 0.2) is 76.2 Å². The summed E-state index contributed by atoms with van der Waals surface area (Å²) in [5.41, 5.74) is 4.11. The molecule has 0 radical (unpaired) electrons. The molecule has 0 spiro atoms. The normalized spacial score (nSPS) is 11.0. The molecule has 0 aromatic heterocycles. The first kappa shape index (κ1) is 17.7. The third-order valence-electron chi connectivity index (χ3n) is 3.73. The van der Waals surface area contributed by atoms with E-state index in [1.807, 2.05) is 79.9 Å². The molecule has 0 N–H and O–H groups in total. The Kier molecular flexibility index (Phi) is 5.90. The molecule has 3 aromatic rings. The van der Waals surface area contributed by atoms with Gasteiger partial charge in [-0.1, -0.05) is 57.9 Å². The Hall–Kier alpha value is -2.10. The molecule has 0 unspecified atom stereocenters. The van der Waals surface area contributed by atoms with Crippen LogP contribution in [0.4, 0.5) is 5.69 Å². The molecular weight excluding hydrogens is 398 g/mol. The summed E-state index contributed by atoms with van der Waals surface area (Å²) in [7, 11) is 0. The minimum Gasteiger partial charge on any atom is -0.487 e. The summed E-state index contributed by atoms with van der Waals surface area (Å²) in [5.74, 6) is 0.664. The van der Waals surface area contributed by atoms with E-state index in [4.69, 9.17) is 16.3 Å². The number of aryl methyl sites for hydroxylation is 1. The fraction of sp³-hybridized carbons (Fsp3) is 0.0952. The summed E-state index contributed by atoms with van der Waals surface area (Å²) in [4.78, 5) is 4.52. The predicted octanol–water partition coefficient (Wildman–Crippen LogP) is 6.74. The van der Waals surface area contributed by atoms with Gasteiger partial charge in [0.1, 0.15) is 12.4 Å². The second-order valence-electron chi connectivity index (χ2n) is 5.65. The maximum Gasteiger partial charge on any atom is 0.138 e. The van der Waals surface area contributed by atoms with E-state index in [0.29, 0.717) is 17.4 Å². The van der Waals surface area contributed by atoms with Crippen molar-refractivity contribution in [2.75, 3.05) is 0 Å². The lowest BCUT2D eigenvalue weighted by Gasteiger charge is -2.09. The van der Waals surface area contributed by atoms with Crippen LogP contribution in [0.3, 0.4) is 0 Å². The summed E-state index contributed by atoms with van der Waals surface area (Å²) in [6, 6.07) is 21.7. The number of hydrogen-bond acceptors (Lipinski definition) is 2. The lowest BCUT2D eigenvalue weighted by molar-refractivity contribution is 0.306. The first-order chi connectivity index (χ1) is 12.1. The predicted molar refractivity (Wildman–Crippen MR) is 108 cm³/mol. The maximum atomic E-state index is 6.34. The van der Waals surface area contributed by atoms with Crippen LogP contribution in [0.25, 0.3) is 0 Å². The molecule has 0 fully saturated rings. The molecule has 0 bridgehead atoms. The average molecular weight is 415 g/mol. The van der Waals surface area contributed by atoms with Crippen molar-refractivity contribution in [1.82, 2.24) is 0 Å². The van der Waals surface area contributed by atoms with Crippen molar-refractivity contribution in [2.24, 2.45) is 4.99 Å². The van der Waals surface area contributed by atoms with Gasteiger partial charge in [-0.3, -0.25) is 4.99 Å². The van der Waals surface area contributed by atoms with Gasteiger partial charge in [-0.25, -0.2) is 0 Å². The van der Waals surface area contributed by atoms with Crippen LogP contribution >= 0.6 is 27.5 Å². The quantitative estimate of drug-likeness (QED) is 0.424. The third kappa shape index (κ3) is 4.94. The van der Waals surface area contributed by atoms with Gasteiger partial charge >= 0.3 is 0 Å². The van der Waals surface area contributed by atoms with Gasteiger partial charge in [0.05, 0.1) is 10.7 Å². The van der Waals surface area contributed by atoms with Crippen LogP contribution < -0.4 is 4.74 Å². The molecule has 0 atom stereocenters. The van der Waals surface area contributed by atoms with E-state index in [2.05, 4.69) is 20.9 Å². The topological polar surface area (TPSA) is 21.6 Å². The van der Waals surface area contributed by atoms with Crippen molar-refractivity contribution in [2.45, 2.75) is 13.5 Å². The van der Waals surface area contributed by atoms with Gasteiger partial charge in [-0.05, 0) is 60.0 Å². The molecule has 126 valence electrons. The number of para-hydroxylation sites is 1. The number of aliphatic imine (C=N–C) groups is 1. The van der Waals surface area contributed by atoms with Gasteiger partial charge < -0.3 is 4.74 Å². The Bertz CT molecular complexity index is 891. The molecule has 4 heteroatoms. The van der Waals surface area contributed by atoms with E-state index >= 15 is 0 Å². The Morgan fingerprint density at radius 2 is 1.80 bits per heavy atom. The monoisotopic (exact) mass is 413 g/mol. The number of ether oxygens (including phenoxy) is 1. The Morgan fingerprint density at radius 3 is 2.52 bits per heavy atom. The van der Waals surface area contributed by atoms with Gasteiger partial charge in [0, 0.05) is 10.7 Å². The summed E-state index contributed by atoms with van der Waals surface area (Å²) in [5, 5.41) is 0.575.